The van der Waals surface area contributed by atoms with Crippen molar-refractivity contribution in [1.29, 1.82) is 0 Å². The van der Waals surface area contributed by atoms with E-state index in [9.17, 15) is 0 Å². The van der Waals surface area contributed by atoms with Gasteiger partial charge in [0.05, 0.1) is 5.52 Å². The fraction of sp³-hybridized carbons (Fsp3) is 0.500. The zero-order chi connectivity index (χ0) is 14.5. The average molecular weight is 270 g/mol. The zero-order valence-corrected chi connectivity index (χ0v) is 13.1. The van der Waals surface area contributed by atoms with Gasteiger partial charge in [-0.2, -0.15) is 0 Å². The first-order chi connectivity index (χ1) is 9.60. The molecule has 0 saturated heterocycles. The summed E-state index contributed by atoms with van der Waals surface area (Å²) in [4.78, 5) is 4.60. The van der Waals surface area contributed by atoms with E-state index in [1.54, 1.807) is 0 Å². The number of para-hydroxylation sites is 1. The number of nitrogens with one attached hydrogen (secondary N) is 1. The van der Waals surface area contributed by atoms with Crippen molar-refractivity contribution in [2.75, 3.05) is 0 Å². The van der Waals surface area contributed by atoms with E-state index in [1.165, 1.54) is 23.8 Å². The van der Waals surface area contributed by atoms with Gasteiger partial charge in [0.1, 0.15) is 0 Å². The van der Waals surface area contributed by atoms with Crippen molar-refractivity contribution in [2.24, 2.45) is 5.92 Å². The van der Waals surface area contributed by atoms with Crippen molar-refractivity contribution < 1.29 is 0 Å². The molecule has 0 saturated carbocycles. The van der Waals surface area contributed by atoms with Crippen LogP contribution in [0.25, 0.3) is 10.9 Å². The summed E-state index contributed by atoms with van der Waals surface area (Å²) in [5.41, 5.74) is 3.54. The molecule has 2 atom stereocenters. The molecule has 0 bridgehead atoms. The van der Waals surface area contributed by atoms with Gasteiger partial charge in [-0.1, -0.05) is 38.5 Å². The Balaban J connectivity index is 2.09. The summed E-state index contributed by atoms with van der Waals surface area (Å²) >= 11 is 0. The molecule has 0 aliphatic carbocycles. The van der Waals surface area contributed by atoms with Gasteiger partial charge >= 0.3 is 0 Å². The van der Waals surface area contributed by atoms with Gasteiger partial charge in [-0.15, -0.1) is 0 Å². The van der Waals surface area contributed by atoms with Crippen LogP contribution in [-0.2, 0) is 6.54 Å². The number of aromatic nitrogens is 1. The first kappa shape index (κ1) is 15.0. The molecule has 2 nitrogen and oxygen atoms in total. The molecule has 0 radical (unpaired) electrons. The zero-order valence-electron chi connectivity index (χ0n) is 13.1. The molecule has 108 valence electrons. The molecule has 2 unspecified atom stereocenters. The van der Waals surface area contributed by atoms with E-state index in [4.69, 9.17) is 0 Å². The van der Waals surface area contributed by atoms with Gasteiger partial charge in [-0.05, 0) is 43.9 Å². The molecule has 2 rings (SSSR count). The van der Waals surface area contributed by atoms with Crippen LogP contribution in [0.1, 0.15) is 44.9 Å². The molecule has 2 aromatic rings. The number of benzene rings is 1. The minimum Gasteiger partial charge on any atom is -0.310 e. The Kier molecular flexibility index (Phi) is 5.13. The second-order valence-corrected chi connectivity index (χ2v) is 5.97. The maximum atomic E-state index is 4.60. The largest absolute Gasteiger partial charge is 0.310 e. The van der Waals surface area contributed by atoms with E-state index in [0.717, 1.165) is 23.7 Å². The lowest BCUT2D eigenvalue weighted by atomic mass is 10.00. The molecular weight excluding hydrogens is 244 g/mol. The number of pyridine rings is 1. The van der Waals surface area contributed by atoms with Crippen molar-refractivity contribution in [2.45, 2.75) is 53.1 Å². The lowest BCUT2D eigenvalue weighted by molar-refractivity contribution is 0.412. The lowest BCUT2D eigenvalue weighted by Gasteiger charge is -2.18. The molecular formula is C18H26N2. The summed E-state index contributed by atoms with van der Waals surface area (Å²) in [5, 5.41) is 4.92. The van der Waals surface area contributed by atoms with Gasteiger partial charge in [-0.3, -0.25) is 4.98 Å². The number of fused-ring (bicyclic) bond motifs is 1. The minimum atomic E-state index is 0.553. The van der Waals surface area contributed by atoms with E-state index in [1.807, 2.05) is 0 Å². The third-order valence-corrected chi connectivity index (χ3v) is 4.02. The number of nitrogens with zero attached hydrogens (tertiary/aromatic N) is 1. The molecule has 2 heteroatoms. The van der Waals surface area contributed by atoms with Crippen LogP contribution in [0.5, 0.6) is 0 Å². The van der Waals surface area contributed by atoms with Crippen LogP contribution < -0.4 is 5.32 Å². The first-order valence-corrected chi connectivity index (χ1v) is 7.68. The highest BCUT2D eigenvalue weighted by molar-refractivity contribution is 5.82. The highest BCUT2D eigenvalue weighted by Crippen LogP contribution is 2.18. The van der Waals surface area contributed by atoms with Gasteiger partial charge in [0.2, 0.25) is 0 Å². The predicted octanol–water partition coefficient (Wildman–Crippen LogP) is 4.46. The molecule has 20 heavy (non-hydrogen) atoms. The average Bonchev–Trinajstić information content (AvgIpc) is 2.44. The van der Waals surface area contributed by atoms with E-state index in [-0.39, 0.29) is 0 Å². The van der Waals surface area contributed by atoms with Gasteiger partial charge in [0.25, 0.3) is 0 Å². The van der Waals surface area contributed by atoms with Crippen molar-refractivity contribution in [3.05, 3.63) is 41.6 Å². The summed E-state index contributed by atoms with van der Waals surface area (Å²) in [6, 6.07) is 11.2. The van der Waals surface area contributed by atoms with Gasteiger partial charge < -0.3 is 5.32 Å². The molecule has 0 spiro atoms. The van der Waals surface area contributed by atoms with Gasteiger partial charge in [0, 0.05) is 23.7 Å². The molecule has 0 amide bonds. The van der Waals surface area contributed by atoms with Crippen molar-refractivity contribution in [1.82, 2.24) is 10.3 Å². The smallest absolute Gasteiger partial charge is 0.0708 e. The predicted molar refractivity (Wildman–Crippen MR) is 86.9 cm³/mol. The maximum Gasteiger partial charge on any atom is 0.0708 e. The molecule has 1 aromatic heterocycles. The summed E-state index contributed by atoms with van der Waals surface area (Å²) in [6.45, 7) is 9.85. The number of aryl methyl sites for hydroxylation is 1. The summed E-state index contributed by atoms with van der Waals surface area (Å²) in [6.07, 6.45) is 2.49. The molecule has 0 aliphatic heterocycles. The Morgan fingerprint density at radius 2 is 1.95 bits per heavy atom. The summed E-state index contributed by atoms with van der Waals surface area (Å²) in [5.74, 6) is 0.786. The number of rotatable bonds is 6. The van der Waals surface area contributed by atoms with Crippen LogP contribution in [0.15, 0.2) is 30.3 Å². The van der Waals surface area contributed by atoms with Crippen molar-refractivity contribution >= 4 is 10.9 Å². The van der Waals surface area contributed by atoms with E-state index >= 15 is 0 Å². The highest BCUT2D eigenvalue weighted by Gasteiger charge is 2.08. The standard InChI is InChI=1S/C18H26N2/c1-5-13(2)10-14(3)19-12-16-11-15(4)20-18-9-7-6-8-17(16)18/h6-9,11,13-14,19H,5,10,12H2,1-4H3. The summed E-state index contributed by atoms with van der Waals surface area (Å²) in [7, 11) is 0. The summed E-state index contributed by atoms with van der Waals surface area (Å²) < 4.78 is 0. The lowest BCUT2D eigenvalue weighted by Crippen LogP contribution is -2.27. The van der Waals surface area contributed by atoms with E-state index in [0.29, 0.717) is 6.04 Å². The highest BCUT2D eigenvalue weighted by atomic mass is 14.9. The van der Waals surface area contributed by atoms with Crippen LogP contribution in [-0.4, -0.2) is 11.0 Å². The van der Waals surface area contributed by atoms with Crippen molar-refractivity contribution in [3.8, 4) is 0 Å². The minimum absolute atomic E-state index is 0.553. The second-order valence-electron chi connectivity index (χ2n) is 5.97. The maximum absolute atomic E-state index is 4.60. The van der Waals surface area contributed by atoms with Crippen LogP contribution in [0.4, 0.5) is 0 Å². The third-order valence-electron chi connectivity index (χ3n) is 4.02. The molecule has 1 heterocycles. The fourth-order valence-electron chi connectivity index (χ4n) is 2.68. The van der Waals surface area contributed by atoms with Crippen LogP contribution in [0, 0.1) is 12.8 Å². The van der Waals surface area contributed by atoms with Gasteiger partial charge in [-0.25, -0.2) is 0 Å². The molecule has 1 aromatic carbocycles. The molecule has 1 N–H and O–H groups in total. The Labute approximate surface area is 122 Å². The Morgan fingerprint density at radius 1 is 1.20 bits per heavy atom. The fourth-order valence-corrected chi connectivity index (χ4v) is 2.68. The second kappa shape index (κ2) is 6.85. The monoisotopic (exact) mass is 270 g/mol. The van der Waals surface area contributed by atoms with Crippen LogP contribution >= 0.6 is 0 Å². The third kappa shape index (κ3) is 3.80. The van der Waals surface area contributed by atoms with Crippen LogP contribution in [0.3, 0.4) is 0 Å². The topological polar surface area (TPSA) is 24.9 Å². The Hall–Kier alpha value is -1.41. The Morgan fingerprint density at radius 3 is 2.70 bits per heavy atom. The number of hydrogen-bond donors (Lipinski definition) is 1. The SMILES string of the molecule is CCC(C)CC(C)NCc1cc(C)nc2ccccc12. The molecule has 0 aliphatic rings. The van der Waals surface area contributed by atoms with Crippen LogP contribution in [0.2, 0.25) is 0 Å². The Bertz CT molecular complexity index is 562. The van der Waals surface area contributed by atoms with E-state index < -0.39 is 0 Å². The normalized spacial score (nSPS) is 14.4. The first-order valence-electron chi connectivity index (χ1n) is 7.68. The van der Waals surface area contributed by atoms with Gasteiger partial charge in [0.15, 0.2) is 0 Å². The van der Waals surface area contributed by atoms with E-state index in [2.05, 4.69) is 68.3 Å². The van der Waals surface area contributed by atoms with Crippen molar-refractivity contribution in [3.63, 3.8) is 0 Å². The quantitative estimate of drug-likeness (QED) is 0.838. The molecule has 0 fully saturated rings. The number of hydrogen-bond acceptors (Lipinski definition) is 2.